The summed E-state index contributed by atoms with van der Waals surface area (Å²) in [5, 5.41) is 2.05. The summed E-state index contributed by atoms with van der Waals surface area (Å²) in [6, 6.07) is 4.31. The van der Waals surface area contributed by atoms with Gasteiger partial charge in [-0.3, -0.25) is 4.79 Å². The summed E-state index contributed by atoms with van der Waals surface area (Å²) < 4.78 is 0. The zero-order chi connectivity index (χ0) is 12.3. The molecule has 3 nitrogen and oxygen atoms in total. The van der Waals surface area contributed by atoms with Crippen molar-refractivity contribution >= 4 is 17.2 Å². The smallest absolute Gasteiger partial charge is 0.225 e. The Morgan fingerprint density at radius 1 is 1.59 bits per heavy atom. The number of nitrogens with two attached hydrogens (primary N) is 1. The molecular formula is C13H20N2OS. The van der Waals surface area contributed by atoms with Crippen molar-refractivity contribution in [1.29, 1.82) is 0 Å². The van der Waals surface area contributed by atoms with Gasteiger partial charge in [-0.15, -0.1) is 11.3 Å². The summed E-state index contributed by atoms with van der Waals surface area (Å²) in [5.74, 6) is 0.400. The van der Waals surface area contributed by atoms with Crippen molar-refractivity contribution in [2.24, 2.45) is 11.7 Å². The van der Waals surface area contributed by atoms with Crippen molar-refractivity contribution in [3.8, 4) is 0 Å². The topological polar surface area (TPSA) is 46.3 Å². The number of hydrogen-bond acceptors (Lipinski definition) is 3. The molecule has 94 valence electrons. The van der Waals surface area contributed by atoms with E-state index in [0.717, 1.165) is 32.2 Å². The van der Waals surface area contributed by atoms with Gasteiger partial charge in [-0.05, 0) is 30.7 Å². The standard InChI is InChI=1S/C13H20N2OS/c1-15(9-12-6-3-7-17-12)13(16)10-4-2-5-11(14)8-10/h3,6-7,10-11H,2,4-5,8-9,14H2,1H3. The third-order valence-electron chi connectivity index (χ3n) is 3.41. The highest BCUT2D eigenvalue weighted by Gasteiger charge is 2.27. The van der Waals surface area contributed by atoms with Crippen LogP contribution in [0.15, 0.2) is 17.5 Å². The molecule has 0 spiro atoms. The lowest BCUT2D eigenvalue weighted by atomic mass is 9.85. The zero-order valence-electron chi connectivity index (χ0n) is 10.3. The Morgan fingerprint density at radius 3 is 3.06 bits per heavy atom. The Labute approximate surface area is 107 Å². The maximum atomic E-state index is 12.2. The summed E-state index contributed by atoms with van der Waals surface area (Å²) >= 11 is 1.70. The van der Waals surface area contributed by atoms with Gasteiger partial charge in [-0.2, -0.15) is 0 Å². The third kappa shape index (κ3) is 3.30. The highest BCUT2D eigenvalue weighted by atomic mass is 32.1. The number of nitrogens with zero attached hydrogens (tertiary/aromatic N) is 1. The lowest BCUT2D eigenvalue weighted by Gasteiger charge is -2.29. The third-order valence-corrected chi connectivity index (χ3v) is 4.27. The molecule has 0 radical (unpaired) electrons. The molecule has 0 aromatic carbocycles. The normalized spacial score (nSPS) is 24.6. The van der Waals surface area contributed by atoms with Gasteiger partial charge in [0.15, 0.2) is 0 Å². The quantitative estimate of drug-likeness (QED) is 0.896. The molecule has 1 aliphatic carbocycles. The fraction of sp³-hybridized carbons (Fsp3) is 0.615. The molecule has 1 heterocycles. The molecule has 17 heavy (non-hydrogen) atoms. The van der Waals surface area contributed by atoms with Crippen LogP contribution in [0.2, 0.25) is 0 Å². The van der Waals surface area contributed by atoms with Gasteiger partial charge < -0.3 is 10.6 Å². The molecule has 2 atom stereocenters. The van der Waals surface area contributed by atoms with Crippen LogP contribution in [0, 0.1) is 5.92 Å². The second kappa shape index (κ2) is 5.65. The first-order chi connectivity index (χ1) is 8.16. The summed E-state index contributed by atoms with van der Waals surface area (Å²) in [6.07, 6.45) is 4.01. The van der Waals surface area contributed by atoms with Crippen LogP contribution in [-0.4, -0.2) is 23.9 Å². The van der Waals surface area contributed by atoms with Gasteiger partial charge in [0.05, 0.1) is 6.54 Å². The number of amides is 1. The summed E-state index contributed by atoms with van der Waals surface area (Å²) in [7, 11) is 1.89. The molecule has 0 aliphatic heterocycles. The van der Waals surface area contributed by atoms with Crippen LogP contribution in [0.25, 0.3) is 0 Å². The number of thiophene rings is 1. The van der Waals surface area contributed by atoms with Gasteiger partial charge in [-0.1, -0.05) is 12.5 Å². The van der Waals surface area contributed by atoms with Gasteiger partial charge in [0.2, 0.25) is 5.91 Å². The summed E-state index contributed by atoms with van der Waals surface area (Å²) in [6.45, 7) is 0.724. The van der Waals surface area contributed by atoms with E-state index in [9.17, 15) is 4.79 Å². The van der Waals surface area contributed by atoms with Gasteiger partial charge in [0.25, 0.3) is 0 Å². The van der Waals surface area contributed by atoms with Crippen LogP contribution in [0.3, 0.4) is 0 Å². The van der Waals surface area contributed by atoms with Crippen LogP contribution in [-0.2, 0) is 11.3 Å². The molecule has 1 aliphatic rings. The van der Waals surface area contributed by atoms with E-state index < -0.39 is 0 Å². The average Bonchev–Trinajstić information content (AvgIpc) is 2.80. The number of carbonyl (C=O) groups is 1. The van der Waals surface area contributed by atoms with Crippen molar-refractivity contribution in [2.75, 3.05) is 7.05 Å². The Hall–Kier alpha value is -0.870. The van der Waals surface area contributed by atoms with Crippen LogP contribution in [0.1, 0.15) is 30.6 Å². The van der Waals surface area contributed by atoms with Crippen molar-refractivity contribution in [2.45, 2.75) is 38.3 Å². The maximum absolute atomic E-state index is 12.2. The zero-order valence-corrected chi connectivity index (χ0v) is 11.1. The monoisotopic (exact) mass is 252 g/mol. The molecule has 1 aromatic rings. The molecule has 2 rings (SSSR count). The molecule has 0 bridgehead atoms. The molecule has 0 saturated heterocycles. The van der Waals surface area contributed by atoms with Crippen molar-refractivity contribution in [1.82, 2.24) is 4.90 Å². The van der Waals surface area contributed by atoms with E-state index in [2.05, 4.69) is 6.07 Å². The molecule has 1 fully saturated rings. The van der Waals surface area contributed by atoms with Crippen molar-refractivity contribution in [3.05, 3.63) is 22.4 Å². The van der Waals surface area contributed by atoms with E-state index in [-0.39, 0.29) is 17.9 Å². The molecule has 4 heteroatoms. The SMILES string of the molecule is CN(Cc1cccs1)C(=O)C1CCCC(N)C1. The molecular weight excluding hydrogens is 232 g/mol. The largest absolute Gasteiger partial charge is 0.340 e. The minimum absolute atomic E-state index is 0.142. The lowest BCUT2D eigenvalue weighted by molar-refractivity contribution is -0.135. The van der Waals surface area contributed by atoms with Gasteiger partial charge in [-0.25, -0.2) is 0 Å². The fourth-order valence-electron chi connectivity index (χ4n) is 2.48. The first-order valence-corrected chi connectivity index (χ1v) is 7.07. The molecule has 2 unspecified atom stereocenters. The molecule has 1 amide bonds. The van der Waals surface area contributed by atoms with E-state index in [0.29, 0.717) is 0 Å². The van der Waals surface area contributed by atoms with Crippen molar-refractivity contribution < 1.29 is 4.79 Å². The minimum atomic E-state index is 0.142. The number of carbonyl (C=O) groups excluding carboxylic acids is 1. The highest BCUT2D eigenvalue weighted by Crippen LogP contribution is 2.25. The van der Waals surface area contributed by atoms with E-state index in [1.54, 1.807) is 11.3 Å². The maximum Gasteiger partial charge on any atom is 0.225 e. The van der Waals surface area contributed by atoms with Crippen LogP contribution in [0.4, 0.5) is 0 Å². The average molecular weight is 252 g/mol. The predicted molar refractivity (Wildman–Crippen MR) is 70.7 cm³/mol. The Bertz CT molecular complexity index is 364. The van der Waals surface area contributed by atoms with Gasteiger partial charge >= 0.3 is 0 Å². The molecule has 1 aromatic heterocycles. The van der Waals surface area contributed by atoms with E-state index in [4.69, 9.17) is 5.73 Å². The Balaban J connectivity index is 1.90. The first-order valence-electron chi connectivity index (χ1n) is 6.19. The second-order valence-electron chi connectivity index (χ2n) is 4.90. The molecule has 1 saturated carbocycles. The Kier molecular flexibility index (Phi) is 4.18. The van der Waals surface area contributed by atoms with Gasteiger partial charge in [0.1, 0.15) is 0 Å². The van der Waals surface area contributed by atoms with Crippen LogP contribution in [0.5, 0.6) is 0 Å². The van der Waals surface area contributed by atoms with E-state index >= 15 is 0 Å². The number of hydrogen-bond donors (Lipinski definition) is 1. The predicted octanol–water partition coefficient (Wildman–Crippen LogP) is 2.22. The van der Waals surface area contributed by atoms with Crippen LogP contribution < -0.4 is 5.73 Å². The van der Waals surface area contributed by atoms with Crippen LogP contribution >= 0.6 is 11.3 Å². The van der Waals surface area contributed by atoms with E-state index in [1.807, 2.05) is 23.4 Å². The minimum Gasteiger partial charge on any atom is -0.340 e. The van der Waals surface area contributed by atoms with Crippen molar-refractivity contribution in [3.63, 3.8) is 0 Å². The first kappa shape index (κ1) is 12.6. The highest BCUT2D eigenvalue weighted by molar-refractivity contribution is 7.09. The van der Waals surface area contributed by atoms with Gasteiger partial charge in [0, 0.05) is 23.9 Å². The lowest BCUT2D eigenvalue weighted by Crippen LogP contribution is -2.38. The number of rotatable bonds is 3. The second-order valence-corrected chi connectivity index (χ2v) is 5.93. The van der Waals surface area contributed by atoms with E-state index in [1.165, 1.54) is 4.88 Å². The summed E-state index contributed by atoms with van der Waals surface area (Å²) in [4.78, 5) is 15.3. The fourth-order valence-corrected chi connectivity index (χ4v) is 3.24. The molecule has 2 N–H and O–H groups in total. The summed E-state index contributed by atoms with van der Waals surface area (Å²) in [5.41, 5.74) is 5.93. The Morgan fingerprint density at radius 2 is 2.41 bits per heavy atom.